The molecule has 5 nitrogen and oxygen atoms in total. The number of carbonyl (C=O) groups excluding carboxylic acids is 1. The number of hydrogen-bond acceptors (Lipinski definition) is 4. The molecular formula is C20H27N3O2S. The Morgan fingerprint density at radius 1 is 1.31 bits per heavy atom. The minimum absolute atomic E-state index is 0.0195. The van der Waals surface area contributed by atoms with Gasteiger partial charge in [0.15, 0.2) is 5.16 Å². The predicted molar refractivity (Wildman–Crippen MR) is 107 cm³/mol. The van der Waals surface area contributed by atoms with Crippen molar-refractivity contribution < 1.29 is 4.79 Å². The van der Waals surface area contributed by atoms with E-state index < -0.39 is 0 Å². The molecule has 2 aromatic rings. The van der Waals surface area contributed by atoms with Gasteiger partial charge in [-0.3, -0.25) is 14.2 Å². The van der Waals surface area contributed by atoms with Gasteiger partial charge in [0.1, 0.15) is 0 Å². The number of carbonyl (C=O) groups is 1. The highest BCUT2D eigenvalue weighted by molar-refractivity contribution is 7.99. The van der Waals surface area contributed by atoms with Gasteiger partial charge in [-0.05, 0) is 37.3 Å². The van der Waals surface area contributed by atoms with E-state index in [-0.39, 0.29) is 23.3 Å². The van der Waals surface area contributed by atoms with Crippen LogP contribution in [0, 0.1) is 11.8 Å². The third-order valence-electron chi connectivity index (χ3n) is 5.53. The fourth-order valence-corrected chi connectivity index (χ4v) is 4.58. The molecule has 0 radical (unpaired) electrons. The van der Waals surface area contributed by atoms with Crippen LogP contribution in [0.25, 0.3) is 10.9 Å². The Morgan fingerprint density at radius 3 is 2.85 bits per heavy atom. The van der Waals surface area contributed by atoms with Crippen molar-refractivity contribution in [2.45, 2.75) is 57.8 Å². The van der Waals surface area contributed by atoms with Crippen LogP contribution < -0.4 is 10.9 Å². The second-order valence-corrected chi connectivity index (χ2v) is 8.13. The maximum atomic E-state index is 12.6. The number of fused-ring (bicyclic) bond motifs is 1. The van der Waals surface area contributed by atoms with E-state index in [0.717, 1.165) is 6.42 Å². The normalized spacial score (nSPS) is 23.1. The molecule has 1 aliphatic rings. The van der Waals surface area contributed by atoms with Gasteiger partial charge in [-0.2, -0.15) is 0 Å². The van der Waals surface area contributed by atoms with Crippen LogP contribution in [0.15, 0.2) is 34.2 Å². The lowest BCUT2D eigenvalue weighted by Gasteiger charge is -2.34. The molecule has 1 aromatic carbocycles. The molecule has 1 saturated carbocycles. The Kier molecular flexibility index (Phi) is 6.01. The number of nitrogens with zero attached hydrogens (tertiary/aromatic N) is 2. The predicted octanol–water partition coefficient (Wildman–Crippen LogP) is 3.45. The molecule has 6 heteroatoms. The van der Waals surface area contributed by atoms with Crippen molar-refractivity contribution >= 4 is 28.6 Å². The summed E-state index contributed by atoms with van der Waals surface area (Å²) in [5.74, 6) is 1.45. The van der Waals surface area contributed by atoms with Crippen LogP contribution in [-0.4, -0.2) is 27.3 Å². The molecule has 140 valence electrons. The zero-order valence-electron chi connectivity index (χ0n) is 15.7. The molecule has 0 aliphatic heterocycles. The zero-order valence-corrected chi connectivity index (χ0v) is 16.5. The lowest BCUT2D eigenvalue weighted by Crippen LogP contribution is -2.44. The van der Waals surface area contributed by atoms with Gasteiger partial charge in [0.25, 0.3) is 5.56 Å². The first kappa shape index (κ1) is 19.0. The fraction of sp³-hybridized carbons (Fsp3) is 0.550. The van der Waals surface area contributed by atoms with Crippen LogP contribution in [0.1, 0.15) is 40.0 Å². The number of rotatable bonds is 5. The molecular weight excluding hydrogens is 346 g/mol. The van der Waals surface area contributed by atoms with E-state index in [0.29, 0.717) is 34.4 Å². The fourth-order valence-electron chi connectivity index (χ4n) is 3.70. The number of para-hydroxylation sites is 1. The van der Waals surface area contributed by atoms with E-state index in [1.165, 1.54) is 24.6 Å². The lowest BCUT2D eigenvalue weighted by molar-refractivity contribution is -0.120. The SMILES string of the molecule is CCn1c(SCC(=O)N[C@@H]2CCC[C@H](C)[C@@H]2C)nc2ccccc2c1=O. The third kappa shape index (κ3) is 3.95. The average molecular weight is 374 g/mol. The Morgan fingerprint density at radius 2 is 2.08 bits per heavy atom. The van der Waals surface area contributed by atoms with Gasteiger partial charge in [-0.15, -0.1) is 0 Å². The molecule has 0 spiro atoms. The summed E-state index contributed by atoms with van der Waals surface area (Å²) >= 11 is 1.34. The van der Waals surface area contributed by atoms with E-state index in [9.17, 15) is 9.59 Å². The molecule has 0 saturated heterocycles. The number of benzene rings is 1. The number of nitrogens with one attached hydrogen (secondary N) is 1. The van der Waals surface area contributed by atoms with Gasteiger partial charge in [0.2, 0.25) is 5.91 Å². The third-order valence-corrected chi connectivity index (χ3v) is 6.50. The number of thioether (sulfide) groups is 1. The van der Waals surface area contributed by atoms with E-state index in [1.807, 2.05) is 25.1 Å². The Balaban J connectivity index is 1.71. The quantitative estimate of drug-likeness (QED) is 0.644. The summed E-state index contributed by atoms with van der Waals surface area (Å²) in [5, 5.41) is 4.41. The maximum absolute atomic E-state index is 12.6. The summed E-state index contributed by atoms with van der Waals surface area (Å²) in [6.45, 7) is 6.95. The monoisotopic (exact) mass is 373 g/mol. The van der Waals surface area contributed by atoms with Crippen molar-refractivity contribution in [3.05, 3.63) is 34.6 Å². The minimum atomic E-state index is -0.0456. The van der Waals surface area contributed by atoms with Crippen molar-refractivity contribution in [3.8, 4) is 0 Å². The van der Waals surface area contributed by atoms with Crippen molar-refractivity contribution in [2.24, 2.45) is 11.8 Å². The van der Waals surface area contributed by atoms with Gasteiger partial charge < -0.3 is 5.32 Å². The van der Waals surface area contributed by atoms with Gasteiger partial charge in [-0.25, -0.2) is 4.98 Å². The van der Waals surface area contributed by atoms with E-state index in [1.54, 1.807) is 10.6 Å². The van der Waals surface area contributed by atoms with Crippen molar-refractivity contribution in [1.29, 1.82) is 0 Å². The van der Waals surface area contributed by atoms with Crippen molar-refractivity contribution in [2.75, 3.05) is 5.75 Å². The van der Waals surface area contributed by atoms with Gasteiger partial charge in [-0.1, -0.05) is 50.6 Å². The van der Waals surface area contributed by atoms with E-state index >= 15 is 0 Å². The van der Waals surface area contributed by atoms with Crippen molar-refractivity contribution in [1.82, 2.24) is 14.9 Å². The van der Waals surface area contributed by atoms with Crippen molar-refractivity contribution in [3.63, 3.8) is 0 Å². The number of amides is 1. The Bertz CT molecular complexity index is 849. The standard InChI is InChI=1S/C20H27N3O2S/c1-4-23-19(25)15-9-5-6-10-17(15)22-20(23)26-12-18(24)21-16-11-7-8-13(2)14(16)3/h5-6,9-10,13-14,16H,4,7-8,11-12H2,1-3H3,(H,21,24)/t13-,14-,16+/m0/s1. The smallest absolute Gasteiger partial charge is 0.262 e. The molecule has 1 aliphatic carbocycles. The van der Waals surface area contributed by atoms with Gasteiger partial charge in [0.05, 0.1) is 16.7 Å². The Labute approximate surface area is 158 Å². The maximum Gasteiger partial charge on any atom is 0.262 e. The molecule has 26 heavy (non-hydrogen) atoms. The Hall–Kier alpha value is -1.82. The molecule has 1 aromatic heterocycles. The lowest BCUT2D eigenvalue weighted by atomic mass is 9.78. The molecule has 1 heterocycles. The van der Waals surface area contributed by atoms with E-state index in [2.05, 4.69) is 24.1 Å². The first-order valence-electron chi connectivity index (χ1n) is 9.43. The molecule has 0 unspecified atom stereocenters. The highest BCUT2D eigenvalue weighted by Crippen LogP contribution is 2.29. The highest BCUT2D eigenvalue weighted by atomic mass is 32.2. The van der Waals surface area contributed by atoms with Crippen LogP contribution >= 0.6 is 11.8 Å². The second-order valence-electron chi connectivity index (χ2n) is 7.19. The highest BCUT2D eigenvalue weighted by Gasteiger charge is 2.28. The number of aromatic nitrogens is 2. The average Bonchev–Trinajstić information content (AvgIpc) is 2.64. The molecule has 0 bridgehead atoms. The van der Waals surface area contributed by atoms with Crippen LogP contribution in [0.5, 0.6) is 0 Å². The summed E-state index contributed by atoms with van der Waals surface area (Å²) in [7, 11) is 0. The second kappa shape index (κ2) is 8.25. The summed E-state index contributed by atoms with van der Waals surface area (Å²) in [6, 6.07) is 7.61. The summed E-state index contributed by atoms with van der Waals surface area (Å²) in [6.07, 6.45) is 3.47. The van der Waals surface area contributed by atoms with Crippen LogP contribution in [0.2, 0.25) is 0 Å². The number of hydrogen-bond donors (Lipinski definition) is 1. The van der Waals surface area contributed by atoms with Crippen LogP contribution in [0.4, 0.5) is 0 Å². The molecule has 1 fully saturated rings. The molecule has 3 rings (SSSR count). The zero-order chi connectivity index (χ0) is 18.7. The molecule has 1 N–H and O–H groups in total. The first-order chi connectivity index (χ1) is 12.5. The first-order valence-corrected chi connectivity index (χ1v) is 10.4. The largest absolute Gasteiger partial charge is 0.352 e. The van der Waals surface area contributed by atoms with Gasteiger partial charge >= 0.3 is 0 Å². The minimum Gasteiger partial charge on any atom is -0.352 e. The van der Waals surface area contributed by atoms with E-state index in [4.69, 9.17) is 0 Å². The summed E-state index contributed by atoms with van der Waals surface area (Å²) in [5.41, 5.74) is 0.635. The van der Waals surface area contributed by atoms with Gasteiger partial charge in [0, 0.05) is 12.6 Å². The topological polar surface area (TPSA) is 64.0 Å². The van der Waals surface area contributed by atoms with Crippen LogP contribution in [0.3, 0.4) is 0 Å². The molecule has 1 amide bonds. The van der Waals surface area contributed by atoms with Crippen LogP contribution in [-0.2, 0) is 11.3 Å². The summed E-state index contributed by atoms with van der Waals surface area (Å²) in [4.78, 5) is 29.7. The summed E-state index contributed by atoms with van der Waals surface area (Å²) < 4.78 is 1.64. The molecule has 3 atom stereocenters.